The lowest BCUT2D eigenvalue weighted by atomic mass is 9.89. The molecule has 2 rings (SSSR count). The minimum absolute atomic E-state index is 0.177. The third-order valence-corrected chi connectivity index (χ3v) is 3.77. The monoisotopic (exact) mass is 282 g/mol. The molecule has 1 aromatic carbocycles. The van der Waals surface area contributed by atoms with E-state index < -0.39 is 6.10 Å². The van der Waals surface area contributed by atoms with E-state index in [1.807, 2.05) is 6.07 Å². The van der Waals surface area contributed by atoms with E-state index in [0.717, 1.165) is 18.4 Å². The Bertz CT molecular complexity index is 440. The Morgan fingerprint density at radius 3 is 2.25 bits per heavy atom. The largest absolute Gasteiger partial charge is 0.493 e. The summed E-state index contributed by atoms with van der Waals surface area (Å²) in [6.07, 6.45) is 1.10. The zero-order valence-corrected chi connectivity index (χ0v) is 12.2. The van der Waals surface area contributed by atoms with Crippen molar-refractivity contribution in [2.75, 3.05) is 34.5 Å². The van der Waals surface area contributed by atoms with Crippen LogP contribution in [0.1, 0.15) is 24.5 Å². The van der Waals surface area contributed by atoms with Gasteiger partial charge in [-0.2, -0.15) is 0 Å². The quantitative estimate of drug-likeness (QED) is 0.897. The number of ether oxygens (including phenoxy) is 4. The Morgan fingerprint density at radius 1 is 1.05 bits per heavy atom. The summed E-state index contributed by atoms with van der Waals surface area (Å²) in [7, 11) is 4.70. The van der Waals surface area contributed by atoms with Crippen LogP contribution in [0, 0.1) is 5.92 Å². The summed E-state index contributed by atoms with van der Waals surface area (Å²) in [6.45, 7) is 1.38. The molecular formula is C15H22O5. The lowest BCUT2D eigenvalue weighted by Crippen LogP contribution is -2.22. The molecule has 0 amide bonds. The molecule has 1 N–H and O–H groups in total. The second-order valence-electron chi connectivity index (χ2n) is 4.82. The van der Waals surface area contributed by atoms with Crippen LogP contribution in [0.3, 0.4) is 0 Å². The van der Waals surface area contributed by atoms with Crippen molar-refractivity contribution in [1.82, 2.24) is 0 Å². The zero-order chi connectivity index (χ0) is 14.5. The summed E-state index contributed by atoms with van der Waals surface area (Å²) in [4.78, 5) is 0. The Labute approximate surface area is 119 Å². The van der Waals surface area contributed by atoms with Gasteiger partial charge in [-0.3, -0.25) is 0 Å². The van der Waals surface area contributed by atoms with Crippen molar-refractivity contribution >= 4 is 0 Å². The molecule has 0 saturated carbocycles. The molecule has 1 fully saturated rings. The van der Waals surface area contributed by atoms with Gasteiger partial charge >= 0.3 is 0 Å². The van der Waals surface area contributed by atoms with E-state index in [9.17, 15) is 5.11 Å². The van der Waals surface area contributed by atoms with Crippen LogP contribution >= 0.6 is 0 Å². The van der Waals surface area contributed by atoms with Crippen molar-refractivity contribution in [3.63, 3.8) is 0 Å². The summed E-state index contributed by atoms with van der Waals surface area (Å²) >= 11 is 0. The molecule has 1 saturated heterocycles. The van der Waals surface area contributed by atoms with Crippen molar-refractivity contribution in [1.29, 1.82) is 0 Å². The molecule has 0 radical (unpaired) electrons. The maximum atomic E-state index is 10.6. The molecule has 0 aliphatic carbocycles. The van der Waals surface area contributed by atoms with Crippen molar-refractivity contribution in [3.05, 3.63) is 17.7 Å². The van der Waals surface area contributed by atoms with Crippen LogP contribution in [0.15, 0.2) is 12.1 Å². The SMILES string of the molecule is COc1ccc(C(O)C2CCOCC2)c(OC)c1OC. The molecule has 1 unspecified atom stereocenters. The van der Waals surface area contributed by atoms with E-state index in [4.69, 9.17) is 18.9 Å². The average Bonchev–Trinajstić information content (AvgIpc) is 2.53. The molecule has 112 valence electrons. The first-order chi connectivity index (χ1) is 9.72. The Morgan fingerprint density at radius 2 is 1.70 bits per heavy atom. The van der Waals surface area contributed by atoms with Crippen molar-refractivity contribution in [2.45, 2.75) is 18.9 Å². The summed E-state index contributed by atoms with van der Waals surface area (Å²) in [5.41, 5.74) is 0.733. The Kier molecular flexibility index (Phi) is 5.09. The van der Waals surface area contributed by atoms with Crippen LogP contribution in [0.25, 0.3) is 0 Å². The first-order valence-corrected chi connectivity index (χ1v) is 6.77. The van der Waals surface area contributed by atoms with Gasteiger partial charge in [0, 0.05) is 18.8 Å². The van der Waals surface area contributed by atoms with Gasteiger partial charge < -0.3 is 24.1 Å². The van der Waals surface area contributed by atoms with Crippen molar-refractivity contribution in [2.24, 2.45) is 5.92 Å². The molecule has 20 heavy (non-hydrogen) atoms. The van der Waals surface area contributed by atoms with Gasteiger partial charge in [-0.05, 0) is 30.9 Å². The lowest BCUT2D eigenvalue weighted by molar-refractivity contribution is 0.00623. The molecule has 1 atom stereocenters. The molecule has 5 nitrogen and oxygen atoms in total. The number of benzene rings is 1. The van der Waals surface area contributed by atoms with Gasteiger partial charge in [0.05, 0.1) is 27.4 Å². The van der Waals surface area contributed by atoms with Crippen LogP contribution in [-0.4, -0.2) is 39.6 Å². The van der Waals surface area contributed by atoms with Gasteiger partial charge in [0.15, 0.2) is 11.5 Å². The van der Waals surface area contributed by atoms with Crippen LogP contribution in [-0.2, 0) is 4.74 Å². The normalized spacial score (nSPS) is 17.6. The molecule has 1 aliphatic heterocycles. The van der Waals surface area contributed by atoms with Gasteiger partial charge in [-0.1, -0.05) is 0 Å². The third-order valence-electron chi connectivity index (χ3n) is 3.77. The second kappa shape index (κ2) is 6.81. The molecule has 5 heteroatoms. The predicted octanol–water partition coefficient (Wildman–Crippen LogP) is 2.17. The molecular weight excluding hydrogens is 260 g/mol. The van der Waals surface area contributed by atoms with Crippen molar-refractivity contribution < 1.29 is 24.1 Å². The van der Waals surface area contributed by atoms with Gasteiger partial charge in [-0.25, -0.2) is 0 Å². The lowest BCUT2D eigenvalue weighted by Gasteiger charge is -2.28. The van der Waals surface area contributed by atoms with Gasteiger partial charge in [0.2, 0.25) is 5.75 Å². The highest BCUT2D eigenvalue weighted by molar-refractivity contribution is 5.56. The standard InChI is InChI=1S/C15H22O5/c1-17-12-5-4-11(14(18-2)15(12)19-3)13(16)10-6-8-20-9-7-10/h4-5,10,13,16H,6-9H2,1-3H3. The van der Waals surface area contributed by atoms with Crippen LogP contribution in [0.2, 0.25) is 0 Å². The maximum absolute atomic E-state index is 10.6. The fourth-order valence-electron chi connectivity index (χ4n) is 2.64. The minimum Gasteiger partial charge on any atom is -0.493 e. The Hall–Kier alpha value is -1.46. The summed E-state index contributed by atoms with van der Waals surface area (Å²) in [5, 5.41) is 10.6. The highest BCUT2D eigenvalue weighted by atomic mass is 16.5. The Balaban J connectivity index is 2.34. The summed E-state index contributed by atoms with van der Waals surface area (Å²) in [6, 6.07) is 3.62. The highest BCUT2D eigenvalue weighted by Crippen LogP contribution is 2.44. The number of methoxy groups -OCH3 is 3. The second-order valence-corrected chi connectivity index (χ2v) is 4.82. The number of rotatable bonds is 5. The maximum Gasteiger partial charge on any atom is 0.203 e. The summed E-state index contributed by atoms with van der Waals surface area (Å²) in [5.74, 6) is 1.81. The van der Waals surface area contributed by atoms with E-state index in [1.54, 1.807) is 27.4 Å². The van der Waals surface area contributed by atoms with Crippen LogP contribution < -0.4 is 14.2 Å². The first-order valence-electron chi connectivity index (χ1n) is 6.77. The molecule has 1 aromatic rings. The molecule has 0 aromatic heterocycles. The fourth-order valence-corrected chi connectivity index (χ4v) is 2.64. The molecule has 0 bridgehead atoms. The number of aliphatic hydroxyl groups is 1. The van der Waals surface area contributed by atoms with Crippen LogP contribution in [0.5, 0.6) is 17.2 Å². The number of hydrogen-bond donors (Lipinski definition) is 1. The fraction of sp³-hybridized carbons (Fsp3) is 0.600. The van der Waals surface area contributed by atoms with E-state index in [2.05, 4.69) is 0 Å². The van der Waals surface area contributed by atoms with Crippen LogP contribution in [0.4, 0.5) is 0 Å². The first kappa shape index (κ1) is 14.9. The molecule has 1 aliphatic rings. The van der Waals surface area contributed by atoms with Crippen molar-refractivity contribution in [3.8, 4) is 17.2 Å². The highest BCUT2D eigenvalue weighted by Gasteiger charge is 2.28. The number of aliphatic hydroxyl groups excluding tert-OH is 1. The van der Waals surface area contributed by atoms with E-state index in [-0.39, 0.29) is 5.92 Å². The van der Waals surface area contributed by atoms with Gasteiger partial charge in [0.1, 0.15) is 0 Å². The van der Waals surface area contributed by atoms with E-state index >= 15 is 0 Å². The smallest absolute Gasteiger partial charge is 0.203 e. The topological polar surface area (TPSA) is 57.2 Å². The average molecular weight is 282 g/mol. The minimum atomic E-state index is -0.589. The predicted molar refractivity (Wildman–Crippen MR) is 74.6 cm³/mol. The van der Waals surface area contributed by atoms with E-state index in [0.29, 0.717) is 30.5 Å². The summed E-state index contributed by atoms with van der Waals surface area (Å²) < 4.78 is 21.4. The van der Waals surface area contributed by atoms with Gasteiger partial charge in [-0.15, -0.1) is 0 Å². The number of hydrogen-bond acceptors (Lipinski definition) is 5. The zero-order valence-electron chi connectivity index (χ0n) is 12.2. The molecule has 1 heterocycles. The van der Waals surface area contributed by atoms with Gasteiger partial charge in [0.25, 0.3) is 0 Å². The molecule has 0 spiro atoms. The third kappa shape index (κ3) is 2.83. The van der Waals surface area contributed by atoms with E-state index in [1.165, 1.54) is 0 Å².